The van der Waals surface area contributed by atoms with Crippen LogP contribution >= 0.6 is 11.6 Å². The zero-order chi connectivity index (χ0) is 15.3. The molecule has 116 valence electrons. The first kappa shape index (κ1) is 17.5. The zero-order valence-electron chi connectivity index (χ0n) is 12.5. The van der Waals surface area contributed by atoms with Gasteiger partial charge < -0.3 is 9.32 Å². The van der Waals surface area contributed by atoms with Gasteiger partial charge in [-0.3, -0.25) is 0 Å². The van der Waals surface area contributed by atoms with Crippen molar-refractivity contribution in [1.29, 1.82) is 0 Å². The van der Waals surface area contributed by atoms with Crippen LogP contribution in [0.25, 0.3) is 0 Å². The fraction of sp³-hybridized carbons (Fsp3) is 0.692. The average Bonchev–Trinajstić information content (AvgIpc) is 2.76. The minimum absolute atomic E-state index is 0.170. The van der Waals surface area contributed by atoms with Crippen LogP contribution in [0.4, 0.5) is 0 Å². The molecule has 7 heteroatoms. The SMILES string of the molecule is CCN(CCCN(C)C)S(=O)(=O)c1cc(CCl)oc1C. The van der Waals surface area contributed by atoms with Gasteiger partial charge in [-0.25, -0.2) is 8.42 Å². The predicted octanol–water partition coefficient (Wildman–Crippen LogP) is 2.29. The quantitative estimate of drug-likeness (QED) is 0.689. The second-order valence-corrected chi connectivity index (χ2v) is 7.09. The van der Waals surface area contributed by atoms with Crippen molar-refractivity contribution < 1.29 is 12.8 Å². The fourth-order valence-electron chi connectivity index (χ4n) is 2.00. The van der Waals surface area contributed by atoms with Crippen LogP contribution in [-0.4, -0.2) is 51.4 Å². The van der Waals surface area contributed by atoms with Gasteiger partial charge in [0.2, 0.25) is 10.0 Å². The summed E-state index contributed by atoms with van der Waals surface area (Å²) in [6.45, 7) is 5.28. The van der Waals surface area contributed by atoms with Gasteiger partial charge in [0.25, 0.3) is 0 Å². The Kier molecular flexibility index (Phi) is 6.51. The van der Waals surface area contributed by atoms with E-state index in [9.17, 15) is 8.42 Å². The molecule has 5 nitrogen and oxygen atoms in total. The summed E-state index contributed by atoms with van der Waals surface area (Å²) in [6, 6.07) is 1.52. The van der Waals surface area contributed by atoms with Gasteiger partial charge in [0.1, 0.15) is 16.4 Å². The van der Waals surface area contributed by atoms with Crippen LogP contribution in [-0.2, 0) is 15.9 Å². The Labute approximate surface area is 126 Å². The smallest absolute Gasteiger partial charge is 0.246 e. The third kappa shape index (κ3) is 4.22. The number of furan rings is 1. The summed E-state index contributed by atoms with van der Waals surface area (Å²) >= 11 is 5.69. The molecule has 0 bridgehead atoms. The Morgan fingerprint density at radius 2 is 1.95 bits per heavy atom. The minimum atomic E-state index is -3.51. The Balaban J connectivity index is 2.90. The first-order valence-electron chi connectivity index (χ1n) is 6.63. The van der Waals surface area contributed by atoms with E-state index in [2.05, 4.69) is 0 Å². The van der Waals surface area contributed by atoms with E-state index in [0.717, 1.165) is 13.0 Å². The van der Waals surface area contributed by atoms with E-state index in [0.29, 0.717) is 24.6 Å². The van der Waals surface area contributed by atoms with Gasteiger partial charge in [-0.15, -0.1) is 11.6 Å². The van der Waals surface area contributed by atoms with Gasteiger partial charge in [-0.1, -0.05) is 6.92 Å². The van der Waals surface area contributed by atoms with Crippen LogP contribution in [0.15, 0.2) is 15.4 Å². The van der Waals surface area contributed by atoms with Gasteiger partial charge in [0.05, 0.1) is 5.88 Å². The molecule has 0 spiro atoms. The predicted molar refractivity (Wildman–Crippen MR) is 80.6 cm³/mol. The van der Waals surface area contributed by atoms with Crippen molar-refractivity contribution in [2.45, 2.75) is 31.0 Å². The molecule has 0 atom stereocenters. The number of rotatable bonds is 8. The zero-order valence-corrected chi connectivity index (χ0v) is 14.1. The Morgan fingerprint density at radius 3 is 2.40 bits per heavy atom. The highest BCUT2D eigenvalue weighted by molar-refractivity contribution is 7.89. The number of alkyl halides is 1. The standard InChI is InChI=1S/C13H23ClN2O3S/c1-5-16(8-6-7-15(3)4)20(17,18)13-9-12(10-14)19-11(13)2/h9H,5-8,10H2,1-4H3. The summed E-state index contributed by atoms with van der Waals surface area (Å²) in [4.78, 5) is 2.26. The summed E-state index contributed by atoms with van der Waals surface area (Å²) in [5.41, 5.74) is 0. The van der Waals surface area contributed by atoms with Crippen molar-refractivity contribution in [3.63, 3.8) is 0 Å². The lowest BCUT2D eigenvalue weighted by Crippen LogP contribution is -2.33. The number of aryl methyl sites for hydroxylation is 1. The monoisotopic (exact) mass is 322 g/mol. The topological polar surface area (TPSA) is 53.8 Å². The number of nitrogens with zero attached hydrogens (tertiary/aromatic N) is 2. The molecule has 1 heterocycles. The molecule has 0 aliphatic rings. The van der Waals surface area contributed by atoms with E-state index in [1.54, 1.807) is 6.92 Å². The molecule has 0 fully saturated rings. The molecule has 0 aliphatic carbocycles. The van der Waals surface area contributed by atoms with E-state index in [1.807, 2.05) is 25.9 Å². The number of hydrogen-bond donors (Lipinski definition) is 0. The van der Waals surface area contributed by atoms with Crippen LogP contribution < -0.4 is 0 Å². The molecule has 1 aromatic rings. The largest absolute Gasteiger partial charge is 0.464 e. The molecule has 0 aliphatic heterocycles. The lowest BCUT2D eigenvalue weighted by Gasteiger charge is -2.21. The maximum Gasteiger partial charge on any atom is 0.246 e. The van der Waals surface area contributed by atoms with Crippen molar-refractivity contribution in [3.8, 4) is 0 Å². The highest BCUT2D eigenvalue weighted by Crippen LogP contribution is 2.24. The fourth-order valence-corrected chi connectivity index (χ4v) is 3.80. The molecular formula is C13H23ClN2O3S. The molecule has 0 radical (unpaired) electrons. The number of hydrogen-bond acceptors (Lipinski definition) is 4. The molecule has 0 saturated heterocycles. The third-order valence-corrected chi connectivity index (χ3v) is 5.38. The van der Waals surface area contributed by atoms with Crippen LogP contribution in [0.3, 0.4) is 0 Å². The third-order valence-electron chi connectivity index (χ3n) is 3.04. The van der Waals surface area contributed by atoms with Crippen LogP contribution in [0.5, 0.6) is 0 Å². The average molecular weight is 323 g/mol. The molecule has 0 N–H and O–H groups in total. The van der Waals surface area contributed by atoms with Crippen molar-refractivity contribution in [1.82, 2.24) is 9.21 Å². The summed E-state index contributed by atoms with van der Waals surface area (Å²) < 4.78 is 32.0. The first-order valence-corrected chi connectivity index (χ1v) is 8.60. The van der Waals surface area contributed by atoms with Crippen molar-refractivity contribution in [2.75, 3.05) is 33.7 Å². The van der Waals surface area contributed by atoms with Crippen LogP contribution in [0.1, 0.15) is 24.9 Å². The van der Waals surface area contributed by atoms with E-state index in [-0.39, 0.29) is 10.8 Å². The molecule has 20 heavy (non-hydrogen) atoms. The summed E-state index contributed by atoms with van der Waals surface area (Å²) in [6.07, 6.45) is 0.791. The van der Waals surface area contributed by atoms with E-state index >= 15 is 0 Å². The highest BCUT2D eigenvalue weighted by Gasteiger charge is 2.27. The van der Waals surface area contributed by atoms with Crippen LogP contribution in [0.2, 0.25) is 0 Å². The highest BCUT2D eigenvalue weighted by atomic mass is 35.5. The van der Waals surface area contributed by atoms with E-state index in [4.69, 9.17) is 16.0 Å². The van der Waals surface area contributed by atoms with Crippen molar-refractivity contribution in [2.24, 2.45) is 0 Å². The van der Waals surface area contributed by atoms with Gasteiger partial charge >= 0.3 is 0 Å². The van der Waals surface area contributed by atoms with Crippen LogP contribution in [0, 0.1) is 6.92 Å². The second kappa shape index (κ2) is 7.45. The molecule has 0 amide bonds. The number of sulfonamides is 1. The second-order valence-electron chi connectivity index (χ2n) is 4.92. The molecule has 0 saturated carbocycles. The van der Waals surface area contributed by atoms with Crippen molar-refractivity contribution >= 4 is 21.6 Å². The summed E-state index contributed by atoms with van der Waals surface area (Å²) in [5, 5.41) is 0. The minimum Gasteiger partial charge on any atom is -0.464 e. The molecule has 0 aromatic carbocycles. The summed E-state index contributed by atoms with van der Waals surface area (Å²) in [5.74, 6) is 1.04. The van der Waals surface area contributed by atoms with Gasteiger partial charge in [0, 0.05) is 19.2 Å². The maximum atomic E-state index is 12.6. The molecule has 1 aromatic heterocycles. The number of halogens is 1. The van der Waals surface area contributed by atoms with Gasteiger partial charge in [-0.2, -0.15) is 4.31 Å². The molecule has 0 unspecified atom stereocenters. The molecular weight excluding hydrogens is 300 g/mol. The normalized spacial score (nSPS) is 12.6. The Bertz CT molecular complexity index is 526. The summed E-state index contributed by atoms with van der Waals surface area (Å²) in [7, 11) is 0.433. The first-order chi connectivity index (χ1) is 9.32. The Morgan fingerprint density at radius 1 is 1.30 bits per heavy atom. The van der Waals surface area contributed by atoms with Crippen molar-refractivity contribution in [3.05, 3.63) is 17.6 Å². The van der Waals surface area contributed by atoms with E-state index in [1.165, 1.54) is 10.4 Å². The maximum absolute atomic E-state index is 12.6. The Hall–Kier alpha value is -0.560. The van der Waals surface area contributed by atoms with Gasteiger partial charge in [-0.05, 0) is 34.0 Å². The van der Waals surface area contributed by atoms with Gasteiger partial charge in [0.15, 0.2) is 0 Å². The molecule has 1 rings (SSSR count). The lowest BCUT2D eigenvalue weighted by molar-refractivity contribution is 0.355. The van der Waals surface area contributed by atoms with E-state index < -0.39 is 10.0 Å². The lowest BCUT2D eigenvalue weighted by atomic mass is 10.4.